The minimum Gasteiger partial charge on any atom is -0.480 e. The first-order chi connectivity index (χ1) is 31.8. The number of rotatable bonds is 11. The molecule has 8 rings (SSSR count). The smallest absolute Gasteiger partial charge is 0.410 e. The van der Waals surface area contributed by atoms with Gasteiger partial charge in [0.2, 0.25) is 0 Å². The minimum absolute atomic E-state index is 0.0400. The van der Waals surface area contributed by atoms with Crippen molar-refractivity contribution in [2.24, 2.45) is 5.90 Å². The number of aliphatic carboxylic acids is 1. The SMILES string of the molecule is CC(C)(C)OC(=O)N1CC[C@H](ON)C1.CC(C)(C)OC(=O)N1CC[C@H](ONC(=O)[C@@H]2CC[C@@H]3CN2C(=O)N3OCc2ccccc2)C1.O=C(O)[C@@H]1CC[C@@H]2CN1C(=O)N2OCc1ccccc1. The second kappa shape index (κ2) is 22.4. The number of nitrogens with one attached hydrogen (secondary N) is 1. The van der Waals surface area contributed by atoms with Gasteiger partial charge < -0.3 is 34.2 Å². The van der Waals surface area contributed by atoms with Gasteiger partial charge in [-0.3, -0.25) is 24.1 Å². The molecule has 6 aliphatic rings. The van der Waals surface area contributed by atoms with E-state index in [0.717, 1.165) is 17.5 Å². The fourth-order valence-corrected chi connectivity index (χ4v) is 8.42. The first kappa shape index (κ1) is 50.7. The van der Waals surface area contributed by atoms with Gasteiger partial charge in [0.15, 0.2) is 0 Å². The summed E-state index contributed by atoms with van der Waals surface area (Å²) in [5.74, 6) is 3.74. The maximum absolute atomic E-state index is 12.9. The molecule has 67 heavy (non-hydrogen) atoms. The number of piperidine rings is 2. The molecular formula is C46H66N8O13. The Labute approximate surface area is 391 Å². The number of nitrogens with zero attached hydrogens (tertiary/aromatic N) is 6. The lowest BCUT2D eigenvalue weighted by Gasteiger charge is -2.29. The Morgan fingerprint density at radius 1 is 0.627 bits per heavy atom. The third kappa shape index (κ3) is 13.9. The van der Waals surface area contributed by atoms with Gasteiger partial charge in [-0.2, -0.15) is 10.1 Å². The summed E-state index contributed by atoms with van der Waals surface area (Å²) in [6.45, 7) is 14.5. The quantitative estimate of drug-likeness (QED) is 0.257. The number of hydroxylamine groups is 5. The number of nitrogens with two attached hydrogens (primary N) is 1. The predicted octanol–water partition coefficient (Wildman–Crippen LogP) is 4.80. The van der Waals surface area contributed by atoms with E-state index in [1.165, 1.54) is 15.0 Å². The number of carboxylic acid groups (broad SMARTS) is 1. The van der Waals surface area contributed by atoms with Crippen LogP contribution in [0.3, 0.4) is 0 Å². The molecule has 2 aromatic rings. The van der Waals surface area contributed by atoms with Crippen LogP contribution >= 0.6 is 0 Å². The molecule has 0 unspecified atom stereocenters. The molecule has 6 saturated heterocycles. The summed E-state index contributed by atoms with van der Waals surface area (Å²) in [6, 6.07) is 17.2. The molecule has 368 valence electrons. The lowest BCUT2D eigenvalue weighted by Crippen LogP contribution is -2.50. The third-order valence-corrected chi connectivity index (χ3v) is 11.8. The Bertz CT molecular complexity index is 2020. The van der Waals surface area contributed by atoms with Crippen LogP contribution in [0.2, 0.25) is 0 Å². The van der Waals surface area contributed by atoms with Crippen molar-refractivity contribution in [2.75, 3.05) is 39.3 Å². The van der Waals surface area contributed by atoms with Crippen molar-refractivity contribution >= 4 is 36.1 Å². The maximum atomic E-state index is 12.9. The average Bonchev–Trinajstić information content (AvgIpc) is 4.07. The lowest BCUT2D eigenvalue weighted by atomic mass is 10.0. The number of ether oxygens (including phenoxy) is 2. The van der Waals surface area contributed by atoms with Crippen molar-refractivity contribution in [3.8, 4) is 0 Å². The van der Waals surface area contributed by atoms with E-state index in [2.05, 4.69) is 10.3 Å². The van der Waals surface area contributed by atoms with Crippen LogP contribution in [0.5, 0.6) is 0 Å². The second-order valence-corrected chi connectivity index (χ2v) is 19.3. The van der Waals surface area contributed by atoms with E-state index in [1.807, 2.05) is 102 Å². The Morgan fingerprint density at radius 3 is 1.49 bits per heavy atom. The summed E-state index contributed by atoms with van der Waals surface area (Å²) in [7, 11) is 0. The third-order valence-electron chi connectivity index (χ3n) is 11.8. The van der Waals surface area contributed by atoms with Gasteiger partial charge in [-0.25, -0.2) is 35.3 Å². The highest BCUT2D eigenvalue weighted by Gasteiger charge is 2.49. The van der Waals surface area contributed by atoms with Crippen molar-refractivity contribution in [2.45, 2.75) is 141 Å². The van der Waals surface area contributed by atoms with Gasteiger partial charge in [0.05, 0.1) is 31.3 Å². The molecule has 7 amide bonds. The highest BCUT2D eigenvalue weighted by molar-refractivity contribution is 5.88. The monoisotopic (exact) mass is 938 g/mol. The van der Waals surface area contributed by atoms with Gasteiger partial charge in [0, 0.05) is 26.2 Å². The van der Waals surface area contributed by atoms with Crippen LogP contribution in [0.1, 0.15) is 91.2 Å². The van der Waals surface area contributed by atoms with E-state index in [1.54, 1.807) is 14.7 Å². The van der Waals surface area contributed by atoms with E-state index in [4.69, 9.17) is 35.0 Å². The molecule has 0 radical (unpaired) electrons. The molecule has 6 atom stereocenters. The molecule has 6 fully saturated rings. The van der Waals surface area contributed by atoms with Gasteiger partial charge >= 0.3 is 30.2 Å². The average molecular weight is 939 g/mol. The summed E-state index contributed by atoms with van der Waals surface area (Å²) >= 11 is 0. The number of carboxylic acids is 1. The fraction of sp³-hybridized carbons (Fsp3) is 0.609. The molecule has 2 aromatic carbocycles. The predicted molar refractivity (Wildman–Crippen MR) is 239 cm³/mol. The number of amides is 7. The van der Waals surface area contributed by atoms with Crippen molar-refractivity contribution in [1.82, 2.24) is 35.2 Å². The lowest BCUT2D eigenvalue weighted by molar-refractivity contribution is -0.144. The molecule has 0 aromatic heterocycles. The Hall–Kier alpha value is -5.74. The molecule has 0 saturated carbocycles. The van der Waals surface area contributed by atoms with Crippen molar-refractivity contribution in [1.29, 1.82) is 0 Å². The van der Waals surface area contributed by atoms with E-state index >= 15 is 0 Å². The van der Waals surface area contributed by atoms with Crippen LogP contribution in [-0.2, 0) is 51.6 Å². The molecule has 4 bridgehead atoms. The summed E-state index contributed by atoms with van der Waals surface area (Å²) in [5, 5.41) is 11.9. The summed E-state index contributed by atoms with van der Waals surface area (Å²) in [4.78, 5) is 100. The molecule has 6 aliphatic heterocycles. The molecular weight excluding hydrogens is 873 g/mol. The Kier molecular flexibility index (Phi) is 16.9. The highest BCUT2D eigenvalue weighted by Crippen LogP contribution is 2.32. The van der Waals surface area contributed by atoms with Crippen LogP contribution in [-0.4, -0.2) is 158 Å². The number of hydrogen-bond donors (Lipinski definition) is 3. The van der Waals surface area contributed by atoms with E-state index < -0.39 is 35.3 Å². The van der Waals surface area contributed by atoms with Crippen LogP contribution < -0.4 is 11.4 Å². The first-order valence-electron chi connectivity index (χ1n) is 22.8. The van der Waals surface area contributed by atoms with Crippen molar-refractivity contribution in [3.05, 3.63) is 71.8 Å². The second-order valence-electron chi connectivity index (χ2n) is 19.3. The Morgan fingerprint density at radius 2 is 1.06 bits per heavy atom. The zero-order valence-electron chi connectivity index (χ0n) is 39.2. The summed E-state index contributed by atoms with van der Waals surface area (Å²) in [5.41, 5.74) is 3.45. The van der Waals surface area contributed by atoms with E-state index in [-0.39, 0.29) is 48.4 Å². The molecule has 21 heteroatoms. The molecule has 0 aliphatic carbocycles. The normalized spacial score (nSPS) is 24.5. The van der Waals surface area contributed by atoms with Crippen molar-refractivity contribution in [3.63, 3.8) is 0 Å². The highest BCUT2D eigenvalue weighted by atomic mass is 16.7. The number of fused-ring (bicyclic) bond motifs is 4. The molecule has 6 heterocycles. The van der Waals surface area contributed by atoms with Gasteiger partial charge in [-0.1, -0.05) is 60.7 Å². The van der Waals surface area contributed by atoms with Gasteiger partial charge in [0.25, 0.3) is 5.91 Å². The van der Waals surface area contributed by atoms with Crippen LogP contribution in [0.25, 0.3) is 0 Å². The first-order valence-corrected chi connectivity index (χ1v) is 22.8. The number of urea groups is 2. The number of carbonyl (C=O) groups is 6. The van der Waals surface area contributed by atoms with E-state index in [9.17, 15) is 28.8 Å². The zero-order valence-corrected chi connectivity index (χ0v) is 39.2. The van der Waals surface area contributed by atoms with Crippen LogP contribution in [0.15, 0.2) is 60.7 Å². The van der Waals surface area contributed by atoms with E-state index in [0.29, 0.717) is 84.6 Å². The molecule has 4 N–H and O–H groups in total. The largest absolute Gasteiger partial charge is 0.480 e. The van der Waals surface area contributed by atoms with Gasteiger partial charge in [-0.05, 0) is 91.2 Å². The molecule has 0 spiro atoms. The number of carbonyl (C=O) groups excluding carboxylic acids is 5. The van der Waals surface area contributed by atoms with Crippen molar-refractivity contribution < 1.29 is 62.7 Å². The Balaban J connectivity index is 0.000000184. The standard InChI is InChI=1S/C23H32N4O6.C14H16N2O4.C9H18N2O3/c1-23(2,3)32-22(30)25-12-11-18(14-25)33-24-20(28)19-10-9-17-13-26(19)21(29)27(17)31-15-16-7-5-4-6-8-16;17-13(18)12-7-6-11-8-15(12)14(19)16(11)20-9-10-4-2-1-3-5-10;1-9(2,3)13-8(12)11-5-4-7(6-11)14-10/h4-8,17-19H,9-15H2,1-3H3,(H,24,28);1-5,11-12H,6-9H2,(H,17,18);7H,4-6,10H2,1-3H3/t17-,18+,19+;11-,12+;7-/m110/s1. The van der Waals surface area contributed by atoms with Crippen LogP contribution in [0.4, 0.5) is 19.2 Å². The number of benzene rings is 2. The zero-order chi connectivity index (χ0) is 48.5. The summed E-state index contributed by atoms with van der Waals surface area (Å²) < 4.78 is 10.6. The van der Waals surface area contributed by atoms with Crippen LogP contribution in [0, 0.1) is 0 Å². The maximum Gasteiger partial charge on any atom is 0.410 e. The fourth-order valence-electron chi connectivity index (χ4n) is 8.42. The van der Waals surface area contributed by atoms with Gasteiger partial charge in [0.1, 0.15) is 42.6 Å². The minimum atomic E-state index is -0.943. The topological polar surface area (TPSA) is 236 Å². The molecule has 21 nitrogen and oxygen atoms in total. The number of hydrogen-bond acceptors (Lipinski definition) is 13. The number of likely N-dealkylation sites (tertiary alicyclic amines) is 2. The van der Waals surface area contributed by atoms with Gasteiger partial charge in [-0.15, -0.1) is 0 Å². The summed E-state index contributed by atoms with van der Waals surface area (Å²) in [6.07, 6.45) is 2.65.